The highest BCUT2D eigenvalue weighted by Crippen LogP contribution is 2.33. The van der Waals surface area contributed by atoms with E-state index in [1.807, 2.05) is 0 Å². The van der Waals surface area contributed by atoms with Gasteiger partial charge in [0.2, 0.25) is 0 Å². The van der Waals surface area contributed by atoms with Crippen molar-refractivity contribution in [2.75, 3.05) is 0 Å². The lowest BCUT2D eigenvalue weighted by Gasteiger charge is -2.22. The lowest BCUT2D eigenvalue weighted by Crippen LogP contribution is -2.19. The van der Waals surface area contributed by atoms with E-state index in [9.17, 15) is 14.7 Å². The molecule has 4 nitrogen and oxygen atoms in total. The summed E-state index contributed by atoms with van der Waals surface area (Å²) < 4.78 is 0. The predicted molar refractivity (Wildman–Crippen MR) is 66.1 cm³/mol. The van der Waals surface area contributed by atoms with Crippen molar-refractivity contribution >= 4 is 11.9 Å². The van der Waals surface area contributed by atoms with Crippen molar-refractivity contribution in [1.29, 1.82) is 0 Å². The zero-order valence-electron chi connectivity index (χ0n) is 10.1. The lowest BCUT2D eigenvalue weighted by atomic mass is 9.82. The molecule has 1 saturated carbocycles. The molecule has 18 heavy (non-hydrogen) atoms. The highest BCUT2D eigenvalue weighted by Gasteiger charge is 2.26. The molecule has 0 radical (unpaired) electrons. The molecule has 0 bridgehead atoms. The molecule has 1 atom stereocenters. The van der Waals surface area contributed by atoms with Gasteiger partial charge in [0.1, 0.15) is 5.92 Å². The van der Waals surface area contributed by atoms with Crippen LogP contribution in [0.2, 0.25) is 0 Å². The van der Waals surface area contributed by atoms with Gasteiger partial charge in [0.05, 0.1) is 5.57 Å². The second-order valence-corrected chi connectivity index (χ2v) is 4.70. The van der Waals surface area contributed by atoms with E-state index >= 15 is 0 Å². The fraction of sp³-hybridized carbons (Fsp3) is 0.429. The van der Waals surface area contributed by atoms with Gasteiger partial charge in [-0.25, -0.2) is 4.79 Å². The molecule has 0 saturated heterocycles. The Hall–Kier alpha value is -1.84. The minimum atomic E-state index is -1.01. The van der Waals surface area contributed by atoms with Gasteiger partial charge in [-0.15, -0.1) is 0 Å². The van der Waals surface area contributed by atoms with Crippen LogP contribution >= 0.6 is 0 Å². The summed E-state index contributed by atoms with van der Waals surface area (Å²) in [6.45, 7) is 0. The maximum Gasteiger partial charge on any atom is 0.335 e. The molecule has 2 aliphatic rings. The van der Waals surface area contributed by atoms with E-state index < -0.39 is 17.9 Å². The predicted octanol–water partition coefficient (Wildman–Crippen LogP) is 2.53. The van der Waals surface area contributed by atoms with Crippen LogP contribution in [0.4, 0.5) is 0 Å². The van der Waals surface area contributed by atoms with Crippen LogP contribution in [0.5, 0.6) is 0 Å². The van der Waals surface area contributed by atoms with Crippen LogP contribution in [0.1, 0.15) is 32.1 Å². The maximum absolute atomic E-state index is 11.2. The van der Waals surface area contributed by atoms with Gasteiger partial charge in [-0.3, -0.25) is 4.79 Å². The number of aliphatic carboxylic acids is 2. The summed E-state index contributed by atoms with van der Waals surface area (Å²) in [6.07, 6.45) is 9.45. The Bertz CT molecular complexity index is 460. The van der Waals surface area contributed by atoms with Gasteiger partial charge >= 0.3 is 11.9 Å². The topological polar surface area (TPSA) is 74.6 Å². The summed E-state index contributed by atoms with van der Waals surface area (Å²) in [5, 5.41) is 18.2. The van der Waals surface area contributed by atoms with Gasteiger partial charge in [0.25, 0.3) is 0 Å². The second kappa shape index (κ2) is 5.21. The third-order valence-electron chi connectivity index (χ3n) is 3.49. The lowest BCUT2D eigenvalue weighted by molar-refractivity contribution is -0.139. The highest BCUT2D eigenvalue weighted by molar-refractivity contribution is 5.92. The van der Waals surface area contributed by atoms with Crippen LogP contribution in [-0.2, 0) is 9.59 Å². The molecule has 2 N–H and O–H groups in total. The number of hydrogen-bond acceptors (Lipinski definition) is 2. The van der Waals surface area contributed by atoms with Gasteiger partial charge in [0.15, 0.2) is 0 Å². The monoisotopic (exact) mass is 248 g/mol. The van der Waals surface area contributed by atoms with Gasteiger partial charge in [-0.05, 0) is 37.3 Å². The van der Waals surface area contributed by atoms with Crippen LogP contribution in [-0.4, -0.2) is 22.2 Å². The Morgan fingerprint density at radius 3 is 2.33 bits per heavy atom. The molecule has 0 heterocycles. The molecule has 1 fully saturated rings. The molecule has 0 aliphatic heterocycles. The van der Waals surface area contributed by atoms with E-state index in [1.54, 1.807) is 0 Å². The van der Waals surface area contributed by atoms with Crippen molar-refractivity contribution in [3.63, 3.8) is 0 Å². The fourth-order valence-electron chi connectivity index (χ4n) is 2.55. The zero-order valence-corrected chi connectivity index (χ0v) is 10.1. The van der Waals surface area contributed by atoms with Gasteiger partial charge in [-0.2, -0.15) is 0 Å². The van der Waals surface area contributed by atoms with Crippen molar-refractivity contribution in [1.82, 2.24) is 0 Å². The first-order chi connectivity index (χ1) is 8.59. The van der Waals surface area contributed by atoms with E-state index in [-0.39, 0.29) is 5.57 Å². The molecule has 0 aromatic carbocycles. The molecule has 96 valence electrons. The standard InChI is InChI=1S/C14H16O4/c15-13(16)10-6-7-11(14(17)18)12(8-10)9-4-2-1-3-5-9/h6-8,11H,1-5H2,(H,15,16)(H,17,18). The molecule has 2 aliphatic carbocycles. The Labute approximate surface area is 105 Å². The van der Waals surface area contributed by atoms with Crippen LogP contribution in [0, 0.1) is 5.92 Å². The summed E-state index contributed by atoms with van der Waals surface area (Å²) in [5.74, 6) is -2.62. The quantitative estimate of drug-likeness (QED) is 0.787. The van der Waals surface area contributed by atoms with Crippen molar-refractivity contribution < 1.29 is 19.8 Å². The minimum absolute atomic E-state index is 0.167. The van der Waals surface area contributed by atoms with E-state index in [0.29, 0.717) is 5.57 Å². The Balaban J connectivity index is 2.40. The molecule has 0 aromatic heterocycles. The first-order valence-corrected chi connectivity index (χ1v) is 6.17. The van der Waals surface area contributed by atoms with Crippen LogP contribution in [0.3, 0.4) is 0 Å². The fourth-order valence-corrected chi connectivity index (χ4v) is 2.55. The highest BCUT2D eigenvalue weighted by atomic mass is 16.4. The first kappa shape index (κ1) is 12.6. The van der Waals surface area contributed by atoms with E-state index in [2.05, 4.69) is 0 Å². The summed E-state index contributed by atoms with van der Waals surface area (Å²) in [7, 11) is 0. The summed E-state index contributed by atoms with van der Waals surface area (Å²) in [5.41, 5.74) is 1.96. The van der Waals surface area contributed by atoms with Crippen LogP contribution < -0.4 is 0 Å². The average molecular weight is 248 g/mol. The largest absolute Gasteiger partial charge is 0.481 e. The number of carboxylic acids is 2. The van der Waals surface area contributed by atoms with Crippen LogP contribution in [0.25, 0.3) is 0 Å². The summed E-state index contributed by atoms with van der Waals surface area (Å²) in [4.78, 5) is 22.2. The minimum Gasteiger partial charge on any atom is -0.481 e. The van der Waals surface area contributed by atoms with E-state index in [4.69, 9.17) is 5.11 Å². The summed E-state index contributed by atoms with van der Waals surface area (Å²) in [6, 6.07) is 0. The summed E-state index contributed by atoms with van der Waals surface area (Å²) >= 11 is 0. The number of rotatable bonds is 2. The normalized spacial score (nSPS) is 23.8. The van der Waals surface area contributed by atoms with Gasteiger partial charge < -0.3 is 10.2 Å². The molecule has 0 amide bonds. The van der Waals surface area contributed by atoms with Gasteiger partial charge in [0, 0.05) is 0 Å². The Kier molecular flexibility index (Phi) is 3.65. The number of carboxylic acid groups (broad SMARTS) is 2. The molecule has 0 spiro atoms. The van der Waals surface area contributed by atoms with Crippen LogP contribution in [0.15, 0.2) is 34.9 Å². The SMILES string of the molecule is O=C(O)C1=CC(=C2CCCCC2)C(C(=O)O)C=C1. The van der Waals surface area contributed by atoms with Crippen molar-refractivity contribution in [3.05, 3.63) is 34.9 Å². The third-order valence-corrected chi connectivity index (χ3v) is 3.49. The molecular weight excluding hydrogens is 232 g/mol. The molecule has 1 unspecified atom stereocenters. The first-order valence-electron chi connectivity index (χ1n) is 6.17. The molecule has 0 aromatic rings. The number of carbonyl (C=O) groups is 2. The zero-order chi connectivity index (χ0) is 13.1. The third kappa shape index (κ3) is 2.53. The number of allylic oxidation sites excluding steroid dienone is 2. The van der Waals surface area contributed by atoms with E-state index in [0.717, 1.165) is 31.3 Å². The second-order valence-electron chi connectivity index (χ2n) is 4.70. The Morgan fingerprint density at radius 1 is 1.11 bits per heavy atom. The van der Waals surface area contributed by atoms with Gasteiger partial charge in [-0.1, -0.05) is 24.1 Å². The maximum atomic E-state index is 11.2. The average Bonchev–Trinajstić information content (AvgIpc) is 2.39. The van der Waals surface area contributed by atoms with Crippen molar-refractivity contribution in [2.24, 2.45) is 5.92 Å². The molecular formula is C14H16O4. The van der Waals surface area contributed by atoms with E-state index in [1.165, 1.54) is 24.6 Å². The smallest absolute Gasteiger partial charge is 0.335 e. The number of hydrogen-bond donors (Lipinski definition) is 2. The molecule has 4 heteroatoms. The van der Waals surface area contributed by atoms with Crippen molar-refractivity contribution in [2.45, 2.75) is 32.1 Å². The Morgan fingerprint density at radius 2 is 1.78 bits per heavy atom. The van der Waals surface area contributed by atoms with Crippen molar-refractivity contribution in [3.8, 4) is 0 Å². The molecule has 2 rings (SSSR count).